The lowest BCUT2D eigenvalue weighted by atomic mass is 9.87. The first kappa shape index (κ1) is 19.8. The number of hydrogen-bond donors (Lipinski definition) is 1. The number of nitrogens with one attached hydrogen (secondary N) is 1. The van der Waals surface area contributed by atoms with Crippen molar-refractivity contribution in [2.24, 2.45) is 0 Å². The minimum absolute atomic E-state index is 0.0362. The molecule has 2 aromatic carbocycles. The van der Waals surface area contributed by atoms with E-state index in [1.807, 2.05) is 36.4 Å². The van der Waals surface area contributed by atoms with Crippen LogP contribution in [0.15, 0.2) is 66.9 Å². The molecule has 0 radical (unpaired) electrons. The molecule has 28 heavy (non-hydrogen) atoms. The van der Waals surface area contributed by atoms with E-state index in [4.69, 9.17) is 0 Å². The van der Waals surface area contributed by atoms with Crippen LogP contribution in [-0.2, 0) is 5.41 Å². The minimum atomic E-state index is -0.152. The molecule has 1 heterocycles. The fraction of sp³-hybridized carbons (Fsp3) is 0.280. The predicted octanol–water partition coefficient (Wildman–Crippen LogP) is 6.42. The van der Waals surface area contributed by atoms with Gasteiger partial charge in [-0.3, -0.25) is 9.78 Å². The summed E-state index contributed by atoms with van der Waals surface area (Å²) in [4.78, 5) is 17.1. The summed E-state index contributed by atoms with van der Waals surface area (Å²) in [5.74, 6) is 0.315. The number of amides is 1. The lowest BCUT2D eigenvalue weighted by Crippen LogP contribution is -2.14. The van der Waals surface area contributed by atoms with Crippen molar-refractivity contribution < 1.29 is 4.79 Å². The van der Waals surface area contributed by atoms with Crippen molar-refractivity contribution in [2.75, 3.05) is 5.32 Å². The van der Waals surface area contributed by atoms with Crippen molar-refractivity contribution in [3.05, 3.63) is 83.6 Å². The van der Waals surface area contributed by atoms with Gasteiger partial charge in [0, 0.05) is 17.4 Å². The molecule has 0 atom stereocenters. The number of aromatic nitrogens is 1. The summed E-state index contributed by atoms with van der Waals surface area (Å²) in [5.41, 5.74) is 5.78. The number of nitrogens with zero attached hydrogens (tertiary/aromatic N) is 1. The molecule has 144 valence electrons. The van der Waals surface area contributed by atoms with Crippen LogP contribution in [-0.4, -0.2) is 10.9 Å². The Hall–Kier alpha value is -2.94. The molecule has 0 aliphatic carbocycles. The predicted molar refractivity (Wildman–Crippen MR) is 117 cm³/mol. The molecule has 1 amide bonds. The van der Waals surface area contributed by atoms with Gasteiger partial charge in [0.2, 0.25) is 0 Å². The highest BCUT2D eigenvalue weighted by atomic mass is 16.1. The number of carbonyl (C=O) groups is 1. The van der Waals surface area contributed by atoms with Crippen molar-refractivity contribution in [3.8, 4) is 11.3 Å². The summed E-state index contributed by atoms with van der Waals surface area (Å²) in [7, 11) is 0. The number of anilines is 1. The Balaban J connectivity index is 1.77. The quantitative estimate of drug-likeness (QED) is 0.574. The summed E-state index contributed by atoms with van der Waals surface area (Å²) >= 11 is 0. The molecule has 3 nitrogen and oxygen atoms in total. The first-order valence-electron chi connectivity index (χ1n) is 9.72. The van der Waals surface area contributed by atoms with Crippen molar-refractivity contribution in [1.29, 1.82) is 0 Å². The number of pyridine rings is 1. The summed E-state index contributed by atoms with van der Waals surface area (Å²) in [6.45, 7) is 10.8. The van der Waals surface area contributed by atoms with Gasteiger partial charge in [0.15, 0.2) is 0 Å². The normalized spacial score (nSPS) is 11.5. The van der Waals surface area contributed by atoms with Crippen molar-refractivity contribution in [1.82, 2.24) is 4.98 Å². The van der Waals surface area contributed by atoms with Crippen LogP contribution < -0.4 is 5.32 Å². The zero-order valence-corrected chi connectivity index (χ0v) is 17.3. The van der Waals surface area contributed by atoms with E-state index in [1.54, 1.807) is 6.20 Å². The largest absolute Gasteiger partial charge is 0.322 e. The fourth-order valence-electron chi connectivity index (χ4n) is 3.02. The van der Waals surface area contributed by atoms with Crippen molar-refractivity contribution in [3.63, 3.8) is 0 Å². The monoisotopic (exact) mass is 372 g/mol. The third kappa shape index (κ3) is 4.66. The highest BCUT2D eigenvalue weighted by Crippen LogP contribution is 2.25. The highest BCUT2D eigenvalue weighted by molar-refractivity contribution is 6.04. The van der Waals surface area contributed by atoms with Gasteiger partial charge in [-0.25, -0.2) is 0 Å². The van der Waals surface area contributed by atoms with Crippen LogP contribution in [0.4, 0.5) is 5.69 Å². The molecule has 0 fully saturated rings. The number of carbonyl (C=O) groups excluding carboxylic acids is 1. The lowest BCUT2D eigenvalue weighted by molar-refractivity contribution is 0.102. The second-order valence-corrected chi connectivity index (χ2v) is 8.50. The molecule has 3 heteroatoms. The molecule has 0 bridgehead atoms. The average molecular weight is 373 g/mol. The molecule has 1 N–H and O–H groups in total. The van der Waals surface area contributed by atoms with Crippen LogP contribution in [0.25, 0.3) is 11.3 Å². The van der Waals surface area contributed by atoms with Crippen molar-refractivity contribution >= 4 is 11.6 Å². The number of rotatable bonds is 4. The zero-order chi connectivity index (χ0) is 20.3. The van der Waals surface area contributed by atoms with Gasteiger partial charge in [0.1, 0.15) is 0 Å². The highest BCUT2D eigenvalue weighted by Gasteiger charge is 2.15. The second-order valence-electron chi connectivity index (χ2n) is 8.50. The molecule has 3 aromatic rings. The van der Waals surface area contributed by atoms with Crippen LogP contribution in [0.3, 0.4) is 0 Å². The maximum Gasteiger partial charge on any atom is 0.257 e. The summed E-state index contributed by atoms with van der Waals surface area (Å²) in [6, 6.07) is 20.1. The van der Waals surface area contributed by atoms with E-state index in [9.17, 15) is 4.79 Å². The Morgan fingerprint density at radius 1 is 0.964 bits per heavy atom. The summed E-state index contributed by atoms with van der Waals surface area (Å²) < 4.78 is 0. The van der Waals surface area contributed by atoms with Gasteiger partial charge in [0.25, 0.3) is 5.91 Å². The maximum atomic E-state index is 12.6. The van der Waals surface area contributed by atoms with Crippen LogP contribution in [0.1, 0.15) is 62.0 Å². The fourth-order valence-corrected chi connectivity index (χ4v) is 3.02. The molecule has 0 aliphatic heterocycles. The van der Waals surface area contributed by atoms with Crippen LogP contribution >= 0.6 is 0 Å². The zero-order valence-electron chi connectivity index (χ0n) is 17.3. The molecular weight excluding hydrogens is 344 g/mol. The van der Waals surface area contributed by atoms with Crippen molar-refractivity contribution in [2.45, 2.75) is 46.0 Å². The number of benzene rings is 2. The van der Waals surface area contributed by atoms with E-state index in [0.717, 1.165) is 16.9 Å². The van der Waals surface area contributed by atoms with E-state index in [-0.39, 0.29) is 11.3 Å². The van der Waals surface area contributed by atoms with Crippen LogP contribution in [0.2, 0.25) is 0 Å². The Labute approximate surface area is 167 Å². The number of hydrogen-bond acceptors (Lipinski definition) is 2. The molecule has 0 spiro atoms. The third-order valence-corrected chi connectivity index (χ3v) is 4.86. The van der Waals surface area contributed by atoms with E-state index in [2.05, 4.69) is 69.2 Å². The van der Waals surface area contributed by atoms with Gasteiger partial charge in [-0.1, -0.05) is 65.0 Å². The second kappa shape index (κ2) is 7.97. The van der Waals surface area contributed by atoms with Gasteiger partial charge in [-0.2, -0.15) is 0 Å². The molecule has 0 saturated heterocycles. The summed E-state index contributed by atoms with van der Waals surface area (Å²) in [5, 5.41) is 2.98. The Bertz CT molecular complexity index is 966. The van der Waals surface area contributed by atoms with Gasteiger partial charge >= 0.3 is 0 Å². The first-order chi connectivity index (χ1) is 13.2. The van der Waals surface area contributed by atoms with Gasteiger partial charge in [-0.05, 0) is 52.8 Å². The Kier molecular flexibility index (Phi) is 5.64. The summed E-state index contributed by atoms with van der Waals surface area (Å²) in [6.07, 6.45) is 1.64. The van der Waals surface area contributed by atoms with Gasteiger partial charge in [-0.15, -0.1) is 0 Å². The minimum Gasteiger partial charge on any atom is -0.322 e. The molecule has 0 unspecified atom stereocenters. The van der Waals surface area contributed by atoms with E-state index >= 15 is 0 Å². The van der Waals surface area contributed by atoms with Gasteiger partial charge < -0.3 is 5.32 Å². The standard InChI is InChI=1S/C25H28N2O/c1-17(2)18-8-6-9-19(14-18)23-13-12-20(16-26-23)24(28)27-22-11-7-10-21(15-22)25(3,4)5/h6-17H,1-5H3,(H,27,28). The smallest absolute Gasteiger partial charge is 0.257 e. The Morgan fingerprint density at radius 3 is 2.36 bits per heavy atom. The van der Waals surface area contributed by atoms with E-state index < -0.39 is 0 Å². The van der Waals surface area contributed by atoms with Crippen LogP contribution in [0, 0.1) is 0 Å². The van der Waals surface area contributed by atoms with E-state index in [0.29, 0.717) is 11.5 Å². The Morgan fingerprint density at radius 2 is 1.71 bits per heavy atom. The SMILES string of the molecule is CC(C)c1cccc(-c2ccc(C(=O)Nc3cccc(C(C)(C)C)c3)cn2)c1. The molecular formula is C25H28N2O. The van der Waals surface area contributed by atoms with E-state index in [1.165, 1.54) is 11.1 Å². The first-order valence-corrected chi connectivity index (χ1v) is 9.72. The van der Waals surface area contributed by atoms with Crippen LogP contribution in [0.5, 0.6) is 0 Å². The molecule has 1 aromatic heterocycles. The molecule has 0 saturated carbocycles. The molecule has 3 rings (SSSR count). The van der Waals surface area contributed by atoms with Gasteiger partial charge in [0.05, 0.1) is 11.3 Å². The third-order valence-electron chi connectivity index (χ3n) is 4.86. The molecule has 0 aliphatic rings. The maximum absolute atomic E-state index is 12.6. The average Bonchev–Trinajstić information content (AvgIpc) is 2.68. The lowest BCUT2D eigenvalue weighted by Gasteiger charge is -2.19. The topological polar surface area (TPSA) is 42.0 Å².